The van der Waals surface area contributed by atoms with E-state index in [1.165, 1.54) is 32.2 Å². The molecular weight excluding hydrogens is 286 g/mol. The second-order valence-electron chi connectivity index (χ2n) is 3.42. The largest absolute Gasteiger partial charge is 0.495 e. The third kappa shape index (κ3) is 4.03. The van der Waals surface area contributed by atoms with Gasteiger partial charge in [-0.3, -0.25) is 4.72 Å². The van der Waals surface area contributed by atoms with E-state index in [-0.39, 0.29) is 23.6 Å². The van der Waals surface area contributed by atoms with Crippen molar-refractivity contribution in [2.75, 3.05) is 18.4 Å². The van der Waals surface area contributed by atoms with Gasteiger partial charge in [0.1, 0.15) is 17.5 Å². The van der Waals surface area contributed by atoms with Crippen molar-refractivity contribution in [1.82, 2.24) is 4.72 Å². The highest BCUT2D eigenvalue weighted by atomic mass is 32.2. The molecule has 0 aliphatic rings. The Morgan fingerprint density at radius 3 is 2.70 bits per heavy atom. The van der Waals surface area contributed by atoms with E-state index >= 15 is 0 Å². The van der Waals surface area contributed by atoms with E-state index in [0.717, 1.165) is 0 Å². The van der Waals surface area contributed by atoms with Gasteiger partial charge >= 0.3 is 16.3 Å². The van der Waals surface area contributed by atoms with Crippen molar-refractivity contribution >= 4 is 22.0 Å². The topological polar surface area (TPSA) is 118 Å². The van der Waals surface area contributed by atoms with E-state index in [1.54, 1.807) is 4.72 Å². The van der Waals surface area contributed by atoms with E-state index in [2.05, 4.69) is 9.46 Å². The smallest absolute Gasteiger partial charge is 0.422 e. The van der Waals surface area contributed by atoms with Crippen molar-refractivity contribution in [3.8, 4) is 11.8 Å². The maximum Gasteiger partial charge on any atom is 0.422 e. The first kappa shape index (κ1) is 15.6. The molecule has 0 fully saturated rings. The molecule has 0 aliphatic heterocycles. The van der Waals surface area contributed by atoms with Crippen LogP contribution in [0.3, 0.4) is 0 Å². The number of benzene rings is 1. The normalized spacial score (nSPS) is 10.2. The van der Waals surface area contributed by atoms with Crippen molar-refractivity contribution in [3.05, 3.63) is 23.8 Å². The zero-order chi connectivity index (χ0) is 15.2. The Morgan fingerprint density at radius 2 is 2.15 bits per heavy atom. The molecule has 0 atom stereocenters. The highest BCUT2D eigenvalue weighted by Crippen LogP contribution is 2.28. The van der Waals surface area contributed by atoms with Crippen LogP contribution in [0.25, 0.3) is 0 Å². The summed E-state index contributed by atoms with van der Waals surface area (Å²) in [5.74, 6) is 0.151. The molecule has 0 aliphatic carbocycles. The molecule has 0 saturated carbocycles. The molecule has 8 nitrogen and oxygen atoms in total. The summed E-state index contributed by atoms with van der Waals surface area (Å²) < 4.78 is 36.6. The summed E-state index contributed by atoms with van der Waals surface area (Å²) in [6.45, 7) is 1.56. The van der Waals surface area contributed by atoms with E-state index in [4.69, 9.17) is 10.00 Å². The van der Waals surface area contributed by atoms with Gasteiger partial charge in [-0.1, -0.05) is 6.07 Å². The van der Waals surface area contributed by atoms with Crippen LogP contribution < -0.4 is 14.2 Å². The van der Waals surface area contributed by atoms with Gasteiger partial charge < -0.3 is 9.47 Å². The number of nitrogens with zero attached hydrogens (tertiary/aromatic N) is 1. The first-order chi connectivity index (χ1) is 9.43. The maximum atomic E-state index is 11.7. The fourth-order valence-electron chi connectivity index (χ4n) is 1.33. The summed E-state index contributed by atoms with van der Waals surface area (Å²) >= 11 is 0. The lowest BCUT2D eigenvalue weighted by Crippen LogP contribution is -2.36. The van der Waals surface area contributed by atoms with Gasteiger partial charge in [-0.05, 0) is 19.1 Å². The molecule has 0 spiro atoms. The standard InChI is InChI=1S/C11H13N3O5S/c1-3-19-11(15)14-20(16,17)13-10-8(7-12)5-4-6-9(10)18-2/h4-6,13H,3H2,1-2H3,(H,14,15). The average molecular weight is 299 g/mol. The van der Waals surface area contributed by atoms with E-state index < -0.39 is 16.3 Å². The molecule has 0 radical (unpaired) electrons. The zero-order valence-corrected chi connectivity index (χ0v) is 11.7. The first-order valence-electron chi connectivity index (χ1n) is 5.48. The number of rotatable bonds is 5. The number of carbonyl (C=O) groups is 1. The Labute approximate surface area is 116 Å². The summed E-state index contributed by atoms with van der Waals surface area (Å²) in [7, 11) is -2.90. The molecule has 0 bridgehead atoms. The van der Waals surface area contributed by atoms with Gasteiger partial charge in [0.2, 0.25) is 0 Å². The molecule has 0 heterocycles. The molecular formula is C11H13N3O5S. The van der Waals surface area contributed by atoms with Crippen LogP contribution in [0.15, 0.2) is 18.2 Å². The highest BCUT2D eigenvalue weighted by molar-refractivity contribution is 7.91. The van der Waals surface area contributed by atoms with Crippen molar-refractivity contribution in [1.29, 1.82) is 5.26 Å². The minimum absolute atomic E-state index is 0.0272. The summed E-state index contributed by atoms with van der Waals surface area (Å²) in [6, 6.07) is 6.24. The minimum atomic E-state index is -4.23. The Kier molecular flexibility index (Phi) is 5.16. The van der Waals surface area contributed by atoms with E-state index in [1.807, 2.05) is 6.07 Å². The predicted octanol–water partition coefficient (Wildman–Crippen LogP) is 0.970. The Balaban J connectivity index is 3.04. The van der Waals surface area contributed by atoms with E-state index in [0.29, 0.717) is 0 Å². The van der Waals surface area contributed by atoms with Crippen molar-refractivity contribution in [2.45, 2.75) is 6.92 Å². The Hall–Kier alpha value is -2.47. The molecule has 1 aromatic rings. The average Bonchev–Trinajstić information content (AvgIpc) is 2.38. The summed E-state index contributed by atoms with van der Waals surface area (Å²) in [5, 5.41) is 8.95. The van der Waals surface area contributed by atoms with Gasteiger partial charge in [0, 0.05) is 0 Å². The number of nitrogens with one attached hydrogen (secondary N) is 2. The van der Waals surface area contributed by atoms with Crippen molar-refractivity contribution < 1.29 is 22.7 Å². The lowest BCUT2D eigenvalue weighted by molar-refractivity contribution is 0.159. The SMILES string of the molecule is CCOC(=O)NS(=O)(=O)Nc1c(C#N)cccc1OC. The Bertz CT molecular complexity index is 636. The van der Waals surface area contributed by atoms with Crippen LogP contribution in [-0.4, -0.2) is 28.2 Å². The first-order valence-corrected chi connectivity index (χ1v) is 6.96. The molecule has 9 heteroatoms. The van der Waals surface area contributed by atoms with Gasteiger partial charge in [-0.2, -0.15) is 13.7 Å². The molecule has 0 aromatic heterocycles. The van der Waals surface area contributed by atoms with Crippen LogP contribution in [0.4, 0.5) is 10.5 Å². The highest BCUT2D eigenvalue weighted by Gasteiger charge is 2.19. The number of methoxy groups -OCH3 is 1. The van der Waals surface area contributed by atoms with Gasteiger partial charge in [0.25, 0.3) is 0 Å². The third-order valence-electron chi connectivity index (χ3n) is 2.10. The molecule has 108 valence electrons. The van der Waals surface area contributed by atoms with Gasteiger partial charge in [-0.25, -0.2) is 9.52 Å². The second kappa shape index (κ2) is 6.63. The number of hydrogen-bond acceptors (Lipinski definition) is 6. The van der Waals surface area contributed by atoms with Crippen LogP contribution in [0.2, 0.25) is 0 Å². The minimum Gasteiger partial charge on any atom is -0.495 e. The van der Waals surface area contributed by atoms with Gasteiger partial charge in [0.15, 0.2) is 0 Å². The summed E-state index contributed by atoms with van der Waals surface area (Å²) in [4.78, 5) is 11.1. The summed E-state index contributed by atoms with van der Waals surface area (Å²) in [6.07, 6.45) is -1.12. The number of para-hydroxylation sites is 1. The number of hydrogen-bond donors (Lipinski definition) is 2. The van der Waals surface area contributed by atoms with E-state index in [9.17, 15) is 13.2 Å². The molecule has 20 heavy (non-hydrogen) atoms. The predicted molar refractivity (Wildman–Crippen MR) is 70.4 cm³/mol. The number of ether oxygens (including phenoxy) is 2. The summed E-state index contributed by atoms with van der Waals surface area (Å²) in [5.41, 5.74) is -0.00659. The zero-order valence-electron chi connectivity index (χ0n) is 10.8. The maximum absolute atomic E-state index is 11.7. The molecule has 1 amide bonds. The lowest BCUT2D eigenvalue weighted by atomic mass is 10.2. The van der Waals surface area contributed by atoms with Crippen LogP contribution in [-0.2, 0) is 14.9 Å². The second-order valence-corrected chi connectivity index (χ2v) is 4.84. The third-order valence-corrected chi connectivity index (χ3v) is 3.00. The fourth-order valence-corrected chi connectivity index (χ4v) is 2.14. The lowest BCUT2D eigenvalue weighted by Gasteiger charge is -2.13. The van der Waals surface area contributed by atoms with Crippen LogP contribution >= 0.6 is 0 Å². The van der Waals surface area contributed by atoms with Crippen molar-refractivity contribution in [3.63, 3.8) is 0 Å². The van der Waals surface area contributed by atoms with Crippen LogP contribution in [0.5, 0.6) is 5.75 Å². The fraction of sp³-hybridized carbons (Fsp3) is 0.273. The molecule has 2 N–H and O–H groups in total. The number of anilines is 1. The monoisotopic (exact) mass is 299 g/mol. The number of amides is 1. The number of carbonyl (C=O) groups excluding carboxylic acids is 1. The van der Waals surface area contributed by atoms with Gasteiger partial charge in [0.05, 0.1) is 19.3 Å². The molecule has 0 unspecified atom stereocenters. The van der Waals surface area contributed by atoms with Crippen LogP contribution in [0, 0.1) is 11.3 Å². The molecule has 1 rings (SSSR count). The quantitative estimate of drug-likeness (QED) is 0.836. The Morgan fingerprint density at radius 1 is 1.45 bits per heavy atom. The van der Waals surface area contributed by atoms with Crippen LogP contribution in [0.1, 0.15) is 12.5 Å². The molecule has 1 aromatic carbocycles. The molecule has 0 saturated heterocycles. The number of nitriles is 1. The van der Waals surface area contributed by atoms with Gasteiger partial charge in [-0.15, -0.1) is 0 Å². The van der Waals surface area contributed by atoms with Crippen molar-refractivity contribution in [2.24, 2.45) is 0 Å².